The van der Waals surface area contributed by atoms with E-state index in [2.05, 4.69) is 32.7 Å². The first kappa shape index (κ1) is 31.6. The van der Waals surface area contributed by atoms with Crippen LogP contribution in [0, 0.1) is 11.8 Å². The number of Topliss-reactive ketones (excluding diaryl/α,β-unsaturated/α-hetero) is 1. The molecular weight excluding hydrogens is 428 g/mol. The van der Waals surface area contributed by atoms with Crippen molar-refractivity contribution < 1.29 is 14.4 Å². The Morgan fingerprint density at radius 1 is 1.00 bits per heavy atom. The molecule has 2 rings (SSSR count). The number of nitrogens with zero attached hydrogens (tertiary/aromatic N) is 2. The van der Waals surface area contributed by atoms with Crippen LogP contribution in [0.25, 0.3) is 0 Å². The molecular formula is C24H40N2O3S2. The largest absolute Gasteiger partial charge is 0.300 e. The number of pyridine rings is 1. The summed E-state index contributed by atoms with van der Waals surface area (Å²) in [5.74, 6) is 0.859. The van der Waals surface area contributed by atoms with Gasteiger partial charge in [0.15, 0.2) is 0 Å². The Balaban J connectivity index is 0. The summed E-state index contributed by atoms with van der Waals surface area (Å²) in [7, 11) is 3.57. The van der Waals surface area contributed by atoms with Crippen molar-refractivity contribution in [3.63, 3.8) is 0 Å². The highest BCUT2D eigenvalue weighted by atomic mass is 33.1. The fraction of sp³-hybridized carbons (Fsp3) is 0.583. The van der Waals surface area contributed by atoms with Crippen molar-refractivity contribution in [3.05, 3.63) is 36.5 Å². The third-order valence-electron chi connectivity index (χ3n) is 3.44. The van der Waals surface area contributed by atoms with E-state index in [4.69, 9.17) is 0 Å². The normalized spacial score (nSPS) is 12.4. The minimum Gasteiger partial charge on any atom is -0.300 e. The lowest BCUT2D eigenvalue weighted by Gasteiger charge is -2.15. The van der Waals surface area contributed by atoms with Crippen LogP contribution in [0.2, 0.25) is 0 Å². The lowest BCUT2D eigenvalue weighted by atomic mass is 10.1. The van der Waals surface area contributed by atoms with Crippen LogP contribution in [-0.4, -0.2) is 39.3 Å². The molecule has 31 heavy (non-hydrogen) atoms. The minimum atomic E-state index is -0.191. The summed E-state index contributed by atoms with van der Waals surface area (Å²) in [6.45, 7) is 14.9. The van der Waals surface area contributed by atoms with Crippen LogP contribution in [-0.2, 0) is 14.4 Å². The third kappa shape index (κ3) is 16.7. The van der Waals surface area contributed by atoms with Gasteiger partial charge in [-0.05, 0) is 34.8 Å². The zero-order valence-corrected chi connectivity index (χ0v) is 20.9. The van der Waals surface area contributed by atoms with Crippen molar-refractivity contribution in [1.29, 1.82) is 0 Å². The van der Waals surface area contributed by atoms with Gasteiger partial charge in [0.05, 0.1) is 0 Å². The molecule has 0 bridgehead atoms. The van der Waals surface area contributed by atoms with Gasteiger partial charge in [0.2, 0.25) is 0 Å². The molecule has 7 heteroatoms. The maximum Gasteiger partial charge on any atom is 0.253 e. The summed E-state index contributed by atoms with van der Waals surface area (Å²) in [6.07, 6.45) is 5.88. The second-order valence-electron chi connectivity index (χ2n) is 7.90. The van der Waals surface area contributed by atoms with Crippen LogP contribution in [0.3, 0.4) is 0 Å². The minimum absolute atomic E-state index is 0. The van der Waals surface area contributed by atoms with Gasteiger partial charge in [-0.2, -0.15) is 0 Å². The van der Waals surface area contributed by atoms with Gasteiger partial charge in [-0.3, -0.25) is 19.3 Å². The molecule has 1 aromatic rings. The summed E-state index contributed by atoms with van der Waals surface area (Å²) in [5, 5.41) is 1.74. The summed E-state index contributed by atoms with van der Waals surface area (Å²) in [6, 6.07) is 5.97. The van der Waals surface area contributed by atoms with Crippen molar-refractivity contribution in [2.45, 2.75) is 79.0 Å². The highest BCUT2D eigenvalue weighted by molar-refractivity contribution is 8.76. The van der Waals surface area contributed by atoms with Gasteiger partial charge in [0, 0.05) is 43.0 Å². The topological polar surface area (TPSA) is 67.3 Å². The molecule has 0 spiro atoms. The van der Waals surface area contributed by atoms with Gasteiger partial charge in [-0.15, -0.1) is 0 Å². The first-order valence-electron chi connectivity index (χ1n) is 10.4. The smallest absolute Gasteiger partial charge is 0.253 e. The Kier molecular flexibility index (Phi) is 18.4. The van der Waals surface area contributed by atoms with Crippen LogP contribution >= 0.6 is 21.6 Å². The quantitative estimate of drug-likeness (QED) is 0.323. The van der Waals surface area contributed by atoms with Crippen LogP contribution in [0.15, 0.2) is 41.6 Å². The Morgan fingerprint density at radius 2 is 1.58 bits per heavy atom. The highest BCUT2D eigenvalue weighted by Crippen LogP contribution is 2.32. The van der Waals surface area contributed by atoms with Gasteiger partial charge in [0.25, 0.3) is 11.8 Å². The van der Waals surface area contributed by atoms with Crippen LogP contribution in [0.4, 0.5) is 0 Å². The summed E-state index contributed by atoms with van der Waals surface area (Å²) >= 11 is 0. The van der Waals surface area contributed by atoms with Gasteiger partial charge in [-0.25, -0.2) is 4.98 Å². The molecule has 0 saturated heterocycles. The first-order valence-corrected chi connectivity index (χ1v) is 12.6. The van der Waals surface area contributed by atoms with Crippen molar-refractivity contribution in [2.24, 2.45) is 11.8 Å². The number of carbonyl (C=O) groups excluding carboxylic acids is 3. The molecule has 0 aromatic carbocycles. The van der Waals surface area contributed by atoms with Crippen molar-refractivity contribution in [2.75, 3.05) is 6.54 Å². The molecule has 0 aliphatic carbocycles. The molecule has 1 aliphatic rings. The standard InChI is InChI=1S/C8H11NO2.C8H11NS2.C7H14O.CH4/c1-6(2)5-9-7(10)3-4-8(9)11;1-7(2)10-11-8-5-3-4-6-9-8;1-4-7(8)5-6(2)3;/h3-4,6H,5H2,1-2H3;3-7H,1-2H3;6H,4-5H2,1-3H3;1H4. The Labute approximate surface area is 197 Å². The summed E-state index contributed by atoms with van der Waals surface area (Å²) in [5.41, 5.74) is 0. The SMILES string of the molecule is C.CC(C)CN1C(=O)C=CC1=O.CC(C)SSc1ccccn1.CCC(=O)CC(C)C. The number of hydrogen-bond acceptors (Lipinski definition) is 6. The van der Waals surface area contributed by atoms with Crippen LogP contribution < -0.4 is 0 Å². The highest BCUT2D eigenvalue weighted by Gasteiger charge is 2.23. The molecule has 1 aromatic heterocycles. The van der Waals surface area contributed by atoms with Gasteiger partial charge in [-0.1, -0.05) is 72.8 Å². The van der Waals surface area contributed by atoms with E-state index in [9.17, 15) is 14.4 Å². The fourth-order valence-corrected chi connectivity index (χ4v) is 3.82. The number of ketones is 1. The van der Waals surface area contributed by atoms with Crippen LogP contribution in [0.1, 0.15) is 68.7 Å². The van der Waals surface area contributed by atoms with E-state index in [1.807, 2.05) is 56.0 Å². The predicted octanol–water partition coefficient (Wildman–Crippen LogP) is 6.45. The van der Waals surface area contributed by atoms with E-state index in [1.54, 1.807) is 10.8 Å². The van der Waals surface area contributed by atoms with E-state index in [1.165, 1.54) is 17.1 Å². The zero-order valence-electron chi connectivity index (χ0n) is 19.3. The van der Waals surface area contributed by atoms with E-state index >= 15 is 0 Å². The van der Waals surface area contributed by atoms with E-state index < -0.39 is 0 Å². The molecule has 0 N–H and O–H groups in total. The molecule has 176 valence electrons. The predicted molar refractivity (Wildman–Crippen MR) is 135 cm³/mol. The number of aromatic nitrogens is 1. The Morgan fingerprint density at radius 3 is 1.94 bits per heavy atom. The monoisotopic (exact) mass is 468 g/mol. The number of carbonyl (C=O) groups is 3. The number of rotatable bonds is 8. The van der Waals surface area contributed by atoms with E-state index in [-0.39, 0.29) is 19.2 Å². The van der Waals surface area contributed by atoms with E-state index in [0.29, 0.717) is 35.8 Å². The average molecular weight is 469 g/mol. The van der Waals surface area contributed by atoms with Gasteiger partial charge < -0.3 is 0 Å². The summed E-state index contributed by atoms with van der Waals surface area (Å²) in [4.78, 5) is 37.9. The van der Waals surface area contributed by atoms with Gasteiger partial charge >= 0.3 is 0 Å². The van der Waals surface area contributed by atoms with Crippen LogP contribution in [0.5, 0.6) is 0 Å². The zero-order chi connectivity index (χ0) is 23.1. The number of amides is 2. The molecule has 0 radical (unpaired) electrons. The maximum atomic E-state index is 10.9. The lowest BCUT2D eigenvalue weighted by molar-refractivity contribution is -0.137. The summed E-state index contributed by atoms with van der Waals surface area (Å²) < 4.78 is 0. The molecule has 0 atom stereocenters. The molecule has 0 fully saturated rings. The Bertz CT molecular complexity index is 657. The molecule has 0 saturated carbocycles. The van der Waals surface area contributed by atoms with Gasteiger partial charge in [0.1, 0.15) is 10.8 Å². The molecule has 5 nitrogen and oxygen atoms in total. The average Bonchev–Trinajstić information content (AvgIpc) is 2.99. The Hall–Kier alpha value is -1.60. The number of imide groups is 1. The second-order valence-corrected chi connectivity index (χ2v) is 10.7. The van der Waals surface area contributed by atoms with Crippen molar-refractivity contribution >= 4 is 39.2 Å². The molecule has 2 heterocycles. The molecule has 2 amide bonds. The van der Waals surface area contributed by atoms with Crippen molar-refractivity contribution in [3.8, 4) is 0 Å². The third-order valence-corrected chi connectivity index (χ3v) is 6.29. The second kappa shape index (κ2) is 18.0. The maximum absolute atomic E-state index is 10.9. The first-order chi connectivity index (χ1) is 14.1. The molecule has 1 aliphatic heterocycles. The molecule has 0 unspecified atom stereocenters. The van der Waals surface area contributed by atoms with Crippen molar-refractivity contribution in [1.82, 2.24) is 9.88 Å². The van der Waals surface area contributed by atoms with E-state index in [0.717, 1.165) is 11.4 Å². The number of hydrogen-bond donors (Lipinski definition) is 0. The lowest BCUT2D eigenvalue weighted by Crippen LogP contribution is -2.33. The fourth-order valence-electron chi connectivity index (χ4n) is 2.12.